The summed E-state index contributed by atoms with van der Waals surface area (Å²) in [7, 11) is -3.80. The summed E-state index contributed by atoms with van der Waals surface area (Å²) in [6.07, 6.45) is 4.64. The molecule has 0 spiro atoms. The highest BCUT2D eigenvalue weighted by atomic mass is 32.2. The molecule has 0 atom stereocenters. The maximum absolute atomic E-state index is 11.9. The van der Waals surface area contributed by atoms with Crippen LogP contribution in [0.15, 0.2) is 17.2 Å². The first kappa shape index (κ1) is 14.1. The highest BCUT2D eigenvalue weighted by molar-refractivity contribution is 7.89. The molecule has 1 aromatic rings. The number of aromatic nitrogens is 1. The van der Waals surface area contributed by atoms with Crippen LogP contribution in [-0.4, -0.2) is 25.6 Å². The second kappa shape index (κ2) is 5.34. The molecule has 0 saturated heterocycles. The molecule has 0 aromatic carbocycles. The van der Waals surface area contributed by atoms with E-state index in [-0.39, 0.29) is 10.6 Å². The molecule has 0 bridgehead atoms. The van der Waals surface area contributed by atoms with Crippen molar-refractivity contribution in [1.29, 1.82) is 0 Å². The average molecular weight is 286 g/mol. The first-order valence-electron chi connectivity index (χ1n) is 6.32. The van der Waals surface area contributed by atoms with Crippen LogP contribution in [0.4, 0.5) is 0 Å². The van der Waals surface area contributed by atoms with Gasteiger partial charge in [0.1, 0.15) is 10.6 Å². The van der Waals surface area contributed by atoms with Crippen LogP contribution in [0.1, 0.15) is 36.7 Å². The van der Waals surface area contributed by atoms with E-state index in [4.69, 9.17) is 9.88 Å². The summed E-state index contributed by atoms with van der Waals surface area (Å²) in [6.45, 7) is 2.67. The van der Waals surface area contributed by atoms with Gasteiger partial charge in [-0.25, -0.2) is 18.4 Å². The van der Waals surface area contributed by atoms with E-state index < -0.39 is 16.0 Å². The molecule has 0 unspecified atom stereocenters. The van der Waals surface area contributed by atoms with Crippen molar-refractivity contribution < 1.29 is 17.9 Å². The molecule has 0 aliphatic heterocycles. The number of nitrogens with zero attached hydrogens (tertiary/aromatic N) is 1. The second-order valence-corrected chi connectivity index (χ2v) is 6.32. The van der Waals surface area contributed by atoms with Gasteiger partial charge in [-0.2, -0.15) is 0 Å². The van der Waals surface area contributed by atoms with Crippen LogP contribution in [-0.2, 0) is 21.3 Å². The fourth-order valence-corrected chi connectivity index (χ4v) is 2.42. The minimum absolute atomic E-state index is 0.0662. The number of carbonyl (C=O) groups is 1. The molecule has 19 heavy (non-hydrogen) atoms. The van der Waals surface area contributed by atoms with Crippen molar-refractivity contribution in [2.24, 2.45) is 11.1 Å². The first-order valence-corrected chi connectivity index (χ1v) is 7.86. The highest BCUT2D eigenvalue weighted by Gasteiger charge is 2.23. The number of nitrogens with two attached hydrogens (primary N) is 1. The Hall–Kier alpha value is -1.34. The van der Waals surface area contributed by atoms with Gasteiger partial charge in [-0.05, 0) is 25.3 Å². The zero-order valence-corrected chi connectivity index (χ0v) is 11.6. The molecule has 1 aliphatic rings. The van der Waals surface area contributed by atoms with Crippen LogP contribution >= 0.6 is 0 Å². The van der Waals surface area contributed by atoms with E-state index in [1.165, 1.54) is 29.7 Å². The second-order valence-electron chi connectivity index (χ2n) is 4.76. The number of primary sulfonamides is 1. The van der Waals surface area contributed by atoms with E-state index in [1.807, 2.05) is 6.92 Å². The lowest BCUT2D eigenvalue weighted by Gasteiger charge is -2.06. The maximum Gasteiger partial charge on any atom is 0.354 e. The smallest absolute Gasteiger partial charge is 0.354 e. The normalized spacial score (nSPS) is 15.5. The Balaban J connectivity index is 2.08. The molecule has 106 valence electrons. The van der Waals surface area contributed by atoms with Crippen molar-refractivity contribution in [3.63, 3.8) is 0 Å². The van der Waals surface area contributed by atoms with Gasteiger partial charge in [0.2, 0.25) is 10.0 Å². The lowest BCUT2D eigenvalue weighted by Crippen LogP contribution is -2.12. The molecule has 1 heterocycles. The first-order chi connectivity index (χ1) is 8.91. The van der Waals surface area contributed by atoms with Crippen LogP contribution in [0.2, 0.25) is 0 Å². The number of hydrogen-bond acceptors (Lipinski definition) is 4. The Morgan fingerprint density at radius 1 is 1.53 bits per heavy atom. The van der Waals surface area contributed by atoms with Gasteiger partial charge in [0.05, 0.1) is 6.61 Å². The number of sulfonamides is 1. The number of ether oxygens (including phenoxy) is 1. The summed E-state index contributed by atoms with van der Waals surface area (Å²) in [5, 5.41) is 5.05. The molecule has 1 aromatic heterocycles. The molecule has 1 fully saturated rings. The lowest BCUT2D eigenvalue weighted by molar-refractivity contribution is 0.0482. The molecule has 2 N–H and O–H groups in total. The Morgan fingerprint density at radius 2 is 2.21 bits per heavy atom. The van der Waals surface area contributed by atoms with Gasteiger partial charge in [0.15, 0.2) is 0 Å². The zero-order chi connectivity index (χ0) is 14.0. The lowest BCUT2D eigenvalue weighted by atomic mass is 10.3. The van der Waals surface area contributed by atoms with Crippen LogP contribution in [0.3, 0.4) is 0 Å². The molecule has 7 heteroatoms. The topological polar surface area (TPSA) is 91.4 Å². The Labute approximate surface area is 112 Å². The Bertz CT molecular complexity index is 573. The van der Waals surface area contributed by atoms with Crippen LogP contribution in [0, 0.1) is 5.92 Å². The van der Waals surface area contributed by atoms with Gasteiger partial charge in [-0.3, -0.25) is 0 Å². The van der Waals surface area contributed by atoms with Gasteiger partial charge < -0.3 is 9.30 Å². The minimum Gasteiger partial charge on any atom is -0.461 e. The molecule has 0 amide bonds. The third-order valence-electron chi connectivity index (χ3n) is 3.21. The van der Waals surface area contributed by atoms with Gasteiger partial charge in [-0.1, -0.05) is 12.8 Å². The number of esters is 1. The Morgan fingerprint density at radius 3 is 2.74 bits per heavy atom. The standard InChI is InChI=1S/C12H18N2O4S/c1-2-14-8-10(19(13,16)17)7-11(14)12(15)18-6-5-9-3-4-9/h7-9H,2-6H2,1H3,(H2,13,16,17). The largest absolute Gasteiger partial charge is 0.461 e. The molecular weight excluding hydrogens is 268 g/mol. The summed E-state index contributed by atoms with van der Waals surface area (Å²) in [4.78, 5) is 11.8. The third kappa shape index (κ3) is 3.57. The zero-order valence-electron chi connectivity index (χ0n) is 10.8. The summed E-state index contributed by atoms with van der Waals surface area (Å²) < 4.78 is 29.2. The van der Waals surface area contributed by atoms with E-state index in [1.54, 1.807) is 0 Å². The monoisotopic (exact) mass is 286 g/mol. The summed E-state index contributed by atoms with van der Waals surface area (Å²) in [5.41, 5.74) is 0.224. The van der Waals surface area contributed by atoms with Gasteiger partial charge in [0, 0.05) is 12.7 Å². The molecule has 1 aliphatic carbocycles. The number of rotatable bonds is 6. The number of carbonyl (C=O) groups excluding carboxylic acids is 1. The SMILES string of the molecule is CCn1cc(S(N)(=O)=O)cc1C(=O)OCCC1CC1. The minimum atomic E-state index is -3.80. The summed E-state index contributed by atoms with van der Waals surface area (Å²) in [6, 6.07) is 1.26. The number of aryl methyl sites for hydroxylation is 1. The van der Waals surface area contributed by atoms with Crippen molar-refractivity contribution in [2.45, 2.75) is 37.6 Å². The van der Waals surface area contributed by atoms with E-state index >= 15 is 0 Å². The van der Waals surface area contributed by atoms with Crippen molar-refractivity contribution in [3.05, 3.63) is 18.0 Å². The van der Waals surface area contributed by atoms with Crippen LogP contribution in [0.5, 0.6) is 0 Å². The van der Waals surface area contributed by atoms with E-state index in [0.717, 1.165) is 6.42 Å². The fraction of sp³-hybridized carbons (Fsp3) is 0.583. The van der Waals surface area contributed by atoms with Crippen LogP contribution in [0.25, 0.3) is 0 Å². The van der Waals surface area contributed by atoms with Crippen molar-refractivity contribution in [1.82, 2.24) is 4.57 Å². The summed E-state index contributed by atoms with van der Waals surface area (Å²) >= 11 is 0. The Kier molecular flexibility index (Phi) is 3.96. The van der Waals surface area contributed by atoms with Crippen molar-refractivity contribution >= 4 is 16.0 Å². The van der Waals surface area contributed by atoms with Crippen molar-refractivity contribution in [3.8, 4) is 0 Å². The fourth-order valence-electron chi connectivity index (χ4n) is 1.87. The van der Waals surface area contributed by atoms with Gasteiger partial charge >= 0.3 is 5.97 Å². The highest BCUT2D eigenvalue weighted by Crippen LogP contribution is 2.32. The van der Waals surface area contributed by atoms with Crippen molar-refractivity contribution in [2.75, 3.05) is 6.61 Å². The van der Waals surface area contributed by atoms with Gasteiger partial charge in [0.25, 0.3) is 0 Å². The maximum atomic E-state index is 11.9. The predicted octanol–water partition coefficient (Wildman–Crippen LogP) is 1.11. The molecule has 0 radical (unpaired) electrons. The molecule has 1 saturated carbocycles. The van der Waals surface area contributed by atoms with E-state index in [0.29, 0.717) is 19.1 Å². The van der Waals surface area contributed by atoms with E-state index in [2.05, 4.69) is 0 Å². The number of hydrogen-bond donors (Lipinski definition) is 1. The quantitative estimate of drug-likeness (QED) is 0.793. The molecular formula is C12H18N2O4S. The average Bonchev–Trinajstić information content (AvgIpc) is 3.04. The van der Waals surface area contributed by atoms with Gasteiger partial charge in [-0.15, -0.1) is 0 Å². The van der Waals surface area contributed by atoms with Crippen LogP contribution < -0.4 is 5.14 Å². The molecule has 2 rings (SSSR count). The molecule has 6 nitrogen and oxygen atoms in total. The third-order valence-corrected chi connectivity index (χ3v) is 4.09. The van der Waals surface area contributed by atoms with E-state index in [9.17, 15) is 13.2 Å². The summed E-state index contributed by atoms with van der Waals surface area (Å²) in [5.74, 6) is 0.183. The predicted molar refractivity (Wildman–Crippen MR) is 69.1 cm³/mol.